The van der Waals surface area contributed by atoms with Gasteiger partial charge < -0.3 is 10.5 Å². The Morgan fingerprint density at radius 2 is 2.00 bits per heavy atom. The standard InChI is InChI=1S/C14H15FN2O/c1-10(16)12-2-3-14(13(15)8-12)18-9-11-4-6-17-7-5-11/h2-8,10H,9,16H2,1H3/t10-/m1/s1. The molecule has 0 saturated carbocycles. The molecule has 1 aromatic heterocycles. The van der Waals surface area contributed by atoms with E-state index in [9.17, 15) is 4.39 Å². The molecule has 1 heterocycles. The highest BCUT2D eigenvalue weighted by molar-refractivity contribution is 5.31. The van der Waals surface area contributed by atoms with E-state index in [1.54, 1.807) is 24.5 Å². The van der Waals surface area contributed by atoms with Crippen LogP contribution in [0.2, 0.25) is 0 Å². The van der Waals surface area contributed by atoms with Gasteiger partial charge in [-0.2, -0.15) is 0 Å². The second kappa shape index (κ2) is 5.60. The molecule has 0 radical (unpaired) electrons. The van der Waals surface area contributed by atoms with Gasteiger partial charge in [0.05, 0.1) is 0 Å². The molecule has 18 heavy (non-hydrogen) atoms. The second-order valence-electron chi connectivity index (χ2n) is 4.12. The lowest BCUT2D eigenvalue weighted by molar-refractivity contribution is 0.290. The molecule has 0 aliphatic carbocycles. The number of halogens is 1. The summed E-state index contributed by atoms with van der Waals surface area (Å²) < 4.78 is 19.1. The number of benzene rings is 1. The highest BCUT2D eigenvalue weighted by Crippen LogP contribution is 2.21. The number of aromatic nitrogens is 1. The molecule has 1 atom stereocenters. The molecule has 94 valence electrons. The van der Waals surface area contributed by atoms with Crippen LogP contribution in [0.5, 0.6) is 5.75 Å². The summed E-state index contributed by atoms with van der Waals surface area (Å²) in [6.07, 6.45) is 3.35. The third-order valence-electron chi connectivity index (χ3n) is 2.63. The van der Waals surface area contributed by atoms with E-state index in [2.05, 4.69) is 4.98 Å². The molecule has 2 N–H and O–H groups in total. The number of nitrogens with two attached hydrogens (primary N) is 1. The summed E-state index contributed by atoms with van der Waals surface area (Å²) in [5, 5.41) is 0. The van der Waals surface area contributed by atoms with Crippen molar-refractivity contribution in [3.63, 3.8) is 0 Å². The zero-order valence-electron chi connectivity index (χ0n) is 10.1. The van der Waals surface area contributed by atoms with Crippen LogP contribution < -0.4 is 10.5 Å². The summed E-state index contributed by atoms with van der Waals surface area (Å²) in [6.45, 7) is 2.13. The van der Waals surface area contributed by atoms with Gasteiger partial charge in [-0.3, -0.25) is 4.98 Å². The average molecular weight is 246 g/mol. The Hall–Kier alpha value is -1.94. The van der Waals surface area contributed by atoms with Gasteiger partial charge in [-0.05, 0) is 42.3 Å². The molecule has 2 aromatic rings. The first-order chi connectivity index (χ1) is 8.66. The first-order valence-electron chi connectivity index (χ1n) is 5.73. The van der Waals surface area contributed by atoms with Gasteiger partial charge >= 0.3 is 0 Å². The fourth-order valence-corrected chi connectivity index (χ4v) is 1.56. The lowest BCUT2D eigenvalue weighted by Gasteiger charge is -2.10. The predicted molar refractivity (Wildman–Crippen MR) is 67.6 cm³/mol. The summed E-state index contributed by atoms with van der Waals surface area (Å²) in [7, 11) is 0. The molecule has 1 aromatic carbocycles. The van der Waals surface area contributed by atoms with Gasteiger partial charge in [0.1, 0.15) is 6.61 Å². The number of ether oxygens (including phenoxy) is 1. The van der Waals surface area contributed by atoms with Crippen LogP contribution in [-0.2, 0) is 6.61 Å². The van der Waals surface area contributed by atoms with E-state index in [0.717, 1.165) is 11.1 Å². The Balaban J connectivity index is 2.06. The maximum Gasteiger partial charge on any atom is 0.165 e. The van der Waals surface area contributed by atoms with E-state index >= 15 is 0 Å². The summed E-state index contributed by atoms with van der Waals surface area (Å²) in [5.74, 6) is -0.157. The number of pyridine rings is 1. The molecular weight excluding hydrogens is 231 g/mol. The molecule has 2 rings (SSSR count). The smallest absolute Gasteiger partial charge is 0.165 e. The molecule has 0 spiro atoms. The Bertz CT molecular complexity index is 514. The van der Waals surface area contributed by atoms with Crippen molar-refractivity contribution in [3.8, 4) is 5.75 Å². The Morgan fingerprint density at radius 3 is 2.61 bits per heavy atom. The maximum absolute atomic E-state index is 13.7. The van der Waals surface area contributed by atoms with Crippen LogP contribution in [0, 0.1) is 5.82 Å². The number of hydrogen-bond donors (Lipinski definition) is 1. The minimum Gasteiger partial charge on any atom is -0.486 e. The van der Waals surface area contributed by atoms with E-state index in [4.69, 9.17) is 10.5 Å². The minimum atomic E-state index is -0.390. The maximum atomic E-state index is 13.7. The topological polar surface area (TPSA) is 48.1 Å². The van der Waals surface area contributed by atoms with Crippen molar-refractivity contribution in [1.82, 2.24) is 4.98 Å². The number of nitrogens with zero attached hydrogens (tertiary/aromatic N) is 1. The number of hydrogen-bond acceptors (Lipinski definition) is 3. The second-order valence-corrected chi connectivity index (χ2v) is 4.12. The zero-order valence-corrected chi connectivity index (χ0v) is 10.1. The van der Waals surface area contributed by atoms with Gasteiger partial charge in [0.15, 0.2) is 11.6 Å². The molecule has 0 aliphatic heterocycles. The zero-order chi connectivity index (χ0) is 13.0. The van der Waals surface area contributed by atoms with Crippen LogP contribution >= 0.6 is 0 Å². The van der Waals surface area contributed by atoms with Crippen LogP contribution in [0.3, 0.4) is 0 Å². The summed E-state index contributed by atoms with van der Waals surface area (Å²) in [6, 6.07) is 8.26. The van der Waals surface area contributed by atoms with Crippen LogP contribution in [0.15, 0.2) is 42.7 Å². The highest BCUT2D eigenvalue weighted by Gasteiger charge is 2.07. The molecule has 0 unspecified atom stereocenters. The van der Waals surface area contributed by atoms with E-state index in [1.165, 1.54) is 6.07 Å². The average Bonchev–Trinajstić information content (AvgIpc) is 2.38. The first-order valence-corrected chi connectivity index (χ1v) is 5.73. The van der Waals surface area contributed by atoms with Crippen LogP contribution in [-0.4, -0.2) is 4.98 Å². The Morgan fingerprint density at radius 1 is 1.28 bits per heavy atom. The van der Waals surface area contributed by atoms with Crippen molar-refractivity contribution in [2.24, 2.45) is 5.73 Å². The van der Waals surface area contributed by atoms with Gasteiger partial charge in [-0.25, -0.2) is 4.39 Å². The van der Waals surface area contributed by atoms with Crippen molar-refractivity contribution in [1.29, 1.82) is 0 Å². The third-order valence-corrected chi connectivity index (χ3v) is 2.63. The predicted octanol–water partition coefficient (Wildman–Crippen LogP) is 2.82. The van der Waals surface area contributed by atoms with Crippen molar-refractivity contribution in [3.05, 3.63) is 59.7 Å². The largest absolute Gasteiger partial charge is 0.486 e. The van der Waals surface area contributed by atoms with E-state index in [-0.39, 0.29) is 17.6 Å². The monoisotopic (exact) mass is 246 g/mol. The molecule has 0 fully saturated rings. The minimum absolute atomic E-state index is 0.186. The highest BCUT2D eigenvalue weighted by atomic mass is 19.1. The summed E-state index contributed by atoms with van der Waals surface area (Å²) >= 11 is 0. The molecule has 0 aliphatic rings. The van der Waals surface area contributed by atoms with Gasteiger partial charge in [-0.15, -0.1) is 0 Å². The molecule has 4 heteroatoms. The quantitative estimate of drug-likeness (QED) is 0.902. The lowest BCUT2D eigenvalue weighted by atomic mass is 10.1. The number of rotatable bonds is 4. The van der Waals surface area contributed by atoms with Crippen molar-refractivity contribution in [2.45, 2.75) is 19.6 Å². The van der Waals surface area contributed by atoms with Crippen LogP contribution in [0.1, 0.15) is 24.1 Å². The van der Waals surface area contributed by atoms with E-state index < -0.39 is 0 Å². The molecule has 0 saturated heterocycles. The van der Waals surface area contributed by atoms with Gasteiger partial charge in [-0.1, -0.05) is 6.07 Å². The lowest BCUT2D eigenvalue weighted by Crippen LogP contribution is -2.06. The van der Waals surface area contributed by atoms with E-state index in [1.807, 2.05) is 19.1 Å². The molecule has 3 nitrogen and oxygen atoms in total. The fourth-order valence-electron chi connectivity index (χ4n) is 1.56. The van der Waals surface area contributed by atoms with Gasteiger partial charge in [0.25, 0.3) is 0 Å². The normalized spacial score (nSPS) is 12.2. The summed E-state index contributed by atoms with van der Waals surface area (Å²) in [4.78, 5) is 3.91. The van der Waals surface area contributed by atoms with Crippen molar-refractivity contribution < 1.29 is 9.13 Å². The first kappa shape index (κ1) is 12.5. The molecule has 0 amide bonds. The fraction of sp³-hybridized carbons (Fsp3) is 0.214. The molecular formula is C14H15FN2O. The van der Waals surface area contributed by atoms with Crippen LogP contribution in [0.4, 0.5) is 4.39 Å². The SMILES string of the molecule is C[C@@H](N)c1ccc(OCc2ccncc2)c(F)c1. The summed E-state index contributed by atoms with van der Waals surface area (Å²) in [5.41, 5.74) is 7.38. The van der Waals surface area contributed by atoms with Gasteiger partial charge in [0, 0.05) is 18.4 Å². The molecule has 0 bridgehead atoms. The third kappa shape index (κ3) is 3.05. The van der Waals surface area contributed by atoms with E-state index in [0.29, 0.717) is 6.61 Å². The van der Waals surface area contributed by atoms with Gasteiger partial charge in [0.2, 0.25) is 0 Å². The van der Waals surface area contributed by atoms with Crippen molar-refractivity contribution >= 4 is 0 Å². The Labute approximate surface area is 105 Å². The van der Waals surface area contributed by atoms with Crippen LogP contribution in [0.25, 0.3) is 0 Å². The Kier molecular flexibility index (Phi) is 3.89. The van der Waals surface area contributed by atoms with Crippen molar-refractivity contribution in [2.75, 3.05) is 0 Å².